The van der Waals surface area contributed by atoms with Crippen molar-refractivity contribution < 1.29 is 14.4 Å². The molecule has 0 aliphatic carbocycles. The van der Waals surface area contributed by atoms with Crippen molar-refractivity contribution in [1.82, 2.24) is 4.90 Å². The SMILES string of the molecule is C[C@@]12CCC(=O)N1[C@@H](C(=O)Nc1ccc(N3CCCC3=O)c(Cl)c1)CS2. The molecule has 3 fully saturated rings. The quantitative estimate of drug-likeness (QED) is 0.857. The van der Waals surface area contributed by atoms with Crippen LogP contribution in [0.4, 0.5) is 11.4 Å². The molecule has 0 aromatic heterocycles. The van der Waals surface area contributed by atoms with Crippen LogP contribution in [-0.2, 0) is 14.4 Å². The van der Waals surface area contributed by atoms with Gasteiger partial charge in [0.2, 0.25) is 17.7 Å². The Morgan fingerprint density at radius 2 is 2.12 bits per heavy atom. The number of thioether (sulfide) groups is 1. The molecule has 4 rings (SSSR count). The van der Waals surface area contributed by atoms with E-state index in [9.17, 15) is 14.4 Å². The number of fused-ring (bicyclic) bond motifs is 1. The van der Waals surface area contributed by atoms with Gasteiger partial charge in [0.15, 0.2) is 0 Å². The summed E-state index contributed by atoms with van der Waals surface area (Å²) in [6.07, 6.45) is 2.65. The zero-order valence-electron chi connectivity index (χ0n) is 14.5. The van der Waals surface area contributed by atoms with Crippen LogP contribution in [0.5, 0.6) is 0 Å². The lowest BCUT2D eigenvalue weighted by atomic mass is 10.2. The lowest BCUT2D eigenvalue weighted by molar-refractivity contribution is -0.135. The summed E-state index contributed by atoms with van der Waals surface area (Å²) < 4.78 is 0. The second kappa shape index (κ2) is 6.46. The van der Waals surface area contributed by atoms with Crippen molar-refractivity contribution in [2.45, 2.75) is 43.5 Å². The number of benzene rings is 1. The fourth-order valence-electron chi connectivity index (χ4n) is 3.95. The summed E-state index contributed by atoms with van der Waals surface area (Å²) in [5.74, 6) is 0.511. The molecular formula is C18H20ClN3O3S. The molecule has 3 aliphatic rings. The molecule has 0 bridgehead atoms. The lowest BCUT2D eigenvalue weighted by Gasteiger charge is -2.29. The molecule has 3 saturated heterocycles. The molecule has 0 unspecified atom stereocenters. The Hall–Kier alpha value is -1.73. The first-order valence-electron chi connectivity index (χ1n) is 8.76. The predicted molar refractivity (Wildman–Crippen MR) is 102 cm³/mol. The van der Waals surface area contributed by atoms with Crippen molar-refractivity contribution in [3.63, 3.8) is 0 Å². The maximum absolute atomic E-state index is 12.7. The fraction of sp³-hybridized carbons (Fsp3) is 0.500. The number of amides is 3. The fourth-order valence-corrected chi connectivity index (χ4v) is 5.66. The molecule has 138 valence electrons. The van der Waals surface area contributed by atoms with Gasteiger partial charge in [0, 0.05) is 30.8 Å². The number of nitrogens with zero attached hydrogens (tertiary/aromatic N) is 2. The van der Waals surface area contributed by atoms with E-state index in [-0.39, 0.29) is 22.6 Å². The number of halogens is 1. The third kappa shape index (κ3) is 2.87. The zero-order valence-corrected chi connectivity index (χ0v) is 16.0. The van der Waals surface area contributed by atoms with Crippen molar-refractivity contribution in [1.29, 1.82) is 0 Å². The van der Waals surface area contributed by atoms with Crippen LogP contribution in [0.15, 0.2) is 18.2 Å². The van der Waals surface area contributed by atoms with Gasteiger partial charge in [-0.2, -0.15) is 0 Å². The first-order valence-corrected chi connectivity index (χ1v) is 10.1. The number of hydrogen-bond acceptors (Lipinski definition) is 4. The number of carbonyl (C=O) groups excluding carboxylic acids is 3. The number of anilines is 2. The summed E-state index contributed by atoms with van der Waals surface area (Å²) in [7, 11) is 0. The molecule has 0 saturated carbocycles. The molecule has 0 radical (unpaired) electrons. The van der Waals surface area contributed by atoms with Crippen molar-refractivity contribution in [2.24, 2.45) is 0 Å². The molecule has 26 heavy (non-hydrogen) atoms. The Morgan fingerprint density at radius 1 is 1.31 bits per heavy atom. The molecule has 3 amide bonds. The van der Waals surface area contributed by atoms with E-state index in [0.717, 1.165) is 12.8 Å². The van der Waals surface area contributed by atoms with Crippen LogP contribution < -0.4 is 10.2 Å². The van der Waals surface area contributed by atoms with E-state index in [0.29, 0.717) is 41.5 Å². The van der Waals surface area contributed by atoms with Crippen LogP contribution >= 0.6 is 23.4 Å². The minimum absolute atomic E-state index is 0.0403. The first kappa shape index (κ1) is 17.7. The molecule has 8 heteroatoms. The Bertz CT molecular complexity index is 802. The standard InChI is InChI=1S/C18H20ClN3O3S/c1-18-7-6-16(24)22(18)14(10-26-18)17(25)20-11-4-5-13(12(19)9-11)21-8-2-3-15(21)23/h4-5,9,14H,2-3,6-8,10H2,1H3,(H,20,25)/t14-,18-/m1/s1. The minimum Gasteiger partial charge on any atom is -0.324 e. The van der Waals surface area contributed by atoms with Gasteiger partial charge < -0.3 is 15.1 Å². The zero-order chi connectivity index (χ0) is 18.5. The van der Waals surface area contributed by atoms with Gasteiger partial charge in [-0.25, -0.2) is 0 Å². The van der Waals surface area contributed by atoms with Crippen LogP contribution in [0.2, 0.25) is 5.02 Å². The summed E-state index contributed by atoms with van der Waals surface area (Å²) in [6.45, 7) is 2.69. The normalized spacial score (nSPS) is 28.0. The highest BCUT2D eigenvalue weighted by atomic mass is 35.5. The summed E-state index contributed by atoms with van der Waals surface area (Å²) in [4.78, 5) is 39.9. The average molecular weight is 394 g/mol. The van der Waals surface area contributed by atoms with Gasteiger partial charge in [-0.15, -0.1) is 11.8 Å². The Labute approximate surface area is 161 Å². The van der Waals surface area contributed by atoms with Crippen molar-refractivity contribution in [2.75, 3.05) is 22.5 Å². The Morgan fingerprint density at radius 3 is 2.81 bits per heavy atom. The highest BCUT2D eigenvalue weighted by Crippen LogP contribution is 2.47. The third-order valence-electron chi connectivity index (χ3n) is 5.33. The highest BCUT2D eigenvalue weighted by molar-refractivity contribution is 8.01. The summed E-state index contributed by atoms with van der Waals surface area (Å²) in [5.41, 5.74) is 1.24. The van der Waals surface area contributed by atoms with E-state index < -0.39 is 6.04 Å². The van der Waals surface area contributed by atoms with E-state index in [2.05, 4.69) is 5.32 Å². The second-order valence-corrected chi connectivity index (χ2v) is 8.98. The van der Waals surface area contributed by atoms with E-state index in [4.69, 9.17) is 11.6 Å². The average Bonchev–Trinajstić information content (AvgIpc) is 3.24. The van der Waals surface area contributed by atoms with Gasteiger partial charge >= 0.3 is 0 Å². The third-order valence-corrected chi connectivity index (χ3v) is 7.13. The molecule has 2 atom stereocenters. The van der Waals surface area contributed by atoms with E-state index in [1.165, 1.54) is 0 Å². The molecule has 3 aliphatic heterocycles. The molecule has 3 heterocycles. The molecule has 6 nitrogen and oxygen atoms in total. The first-order chi connectivity index (χ1) is 12.4. The predicted octanol–water partition coefficient (Wildman–Crippen LogP) is 2.86. The smallest absolute Gasteiger partial charge is 0.248 e. The molecule has 1 aromatic rings. The topological polar surface area (TPSA) is 69.7 Å². The minimum atomic E-state index is -0.460. The van der Waals surface area contributed by atoms with Crippen molar-refractivity contribution >= 4 is 52.5 Å². The number of hydrogen-bond donors (Lipinski definition) is 1. The molecular weight excluding hydrogens is 374 g/mol. The van der Waals surface area contributed by atoms with Gasteiger partial charge in [-0.1, -0.05) is 11.6 Å². The Balaban J connectivity index is 1.49. The van der Waals surface area contributed by atoms with Gasteiger partial charge in [-0.05, 0) is 38.0 Å². The van der Waals surface area contributed by atoms with Gasteiger partial charge in [0.1, 0.15) is 6.04 Å². The van der Waals surface area contributed by atoms with E-state index >= 15 is 0 Å². The van der Waals surface area contributed by atoms with Crippen LogP contribution in [0, 0.1) is 0 Å². The maximum Gasteiger partial charge on any atom is 0.248 e. The molecule has 0 spiro atoms. The monoisotopic (exact) mass is 393 g/mol. The van der Waals surface area contributed by atoms with Gasteiger partial charge in [0.25, 0.3) is 0 Å². The summed E-state index contributed by atoms with van der Waals surface area (Å²) in [5, 5.41) is 3.30. The highest BCUT2D eigenvalue weighted by Gasteiger charge is 2.52. The second-order valence-electron chi connectivity index (χ2n) is 7.07. The van der Waals surface area contributed by atoms with E-state index in [1.807, 2.05) is 6.92 Å². The number of carbonyl (C=O) groups is 3. The Kier molecular flexibility index (Phi) is 4.39. The molecule has 1 aromatic carbocycles. The largest absolute Gasteiger partial charge is 0.324 e. The maximum atomic E-state index is 12.7. The number of nitrogens with one attached hydrogen (secondary N) is 1. The lowest BCUT2D eigenvalue weighted by Crippen LogP contribution is -2.48. The van der Waals surface area contributed by atoms with Gasteiger partial charge in [-0.3, -0.25) is 14.4 Å². The van der Waals surface area contributed by atoms with Crippen LogP contribution in [-0.4, -0.2) is 45.8 Å². The molecule has 1 N–H and O–H groups in total. The van der Waals surface area contributed by atoms with Crippen LogP contribution in [0.25, 0.3) is 0 Å². The van der Waals surface area contributed by atoms with Crippen LogP contribution in [0.1, 0.15) is 32.6 Å². The van der Waals surface area contributed by atoms with Crippen LogP contribution in [0.3, 0.4) is 0 Å². The summed E-state index contributed by atoms with van der Waals surface area (Å²) >= 11 is 8.00. The summed E-state index contributed by atoms with van der Waals surface area (Å²) in [6, 6.07) is 4.71. The number of rotatable bonds is 3. The van der Waals surface area contributed by atoms with Crippen molar-refractivity contribution in [3.8, 4) is 0 Å². The van der Waals surface area contributed by atoms with Crippen molar-refractivity contribution in [3.05, 3.63) is 23.2 Å². The van der Waals surface area contributed by atoms with Gasteiger partial charge in [0.05, 0.1) is 15.6 Å². The van der Waals surface area contributed by atoms with E-state index in [1.54, 1.807) is 39.8 Å².